The molecule has 0 unspecified atom stereocenters. The van der Waals surface area contributed by atoms with E-state index >= 15 is 0 Å². The first-order valence-corrected chi connectivity index (χ1v) is 10.3. The number of hydrogen-bond donors (Lipinski definition) is 1. The molecule has 7 nitrogen and oxygen atoms in total. The number of carbonyl (C=O) groups is 2. The third-order valence-electron chi connectivity index (χ3n) is 4.08. The van der Waals surface area contributed by atoms with Gasteiger partial charge in [-0.15, -0.1) is 0 Å². The summed E-state index contributed by atoms with van der Waals surface area (Å²) in [6.45, 7) is 5.53. The Morgan fingerprint density at radius 3 is 2.46 bits per heavy atom. The van der Waals surface area contributed by atoms with Gasteiger partial charge in [0.1, 0.15) is 0 Å². The van der Waals surface area contributed by atoms with Crippen molar-refractivity contribution in [1.82, 2.24) is 9.62 Å². The van der Waals surface area contributed by atoms with E-state index in [2.05, 4.69) is 5.32 Å². The standard InChI is InChI=1S/C17H23ClN2O5S/c1-4-20(5-2)26(23,24)13-8-9-15(18)14(10-13)17(22)25-11(3)16(21)19-12-6-7-12/h8-12H,4-7H2,1-3H3,(H,19,21)/t11-/m0/s1. The molecule has 1 aliphatic carbocycles. The van der Waals surface area contributed by atoms with Crippen molar-refractivity contribution < 1.29 is 22.7 Å². The third-order valence-corrected chi connectivity index (χ3v) is 6.45. The lowest BCUT2D eigenvalue weighted by atomic mass is 10.2. The number of nitrogens with one attached hydrogen (secondary N) is 1. The van der Waals surface area contributed by atoms with Gasteiger partial charge in [-0.3, -0.25) is 4.79 Å². The van der Waals surface area contributed by atoms with E-state index in [1.165, 1.54) is 29.4 Å². The average Bonchev–Trinajstić information content (AvgIpc) is 3.39. The minimum absolute atomic E-state index is 0.0485. The molecule has 0 spiro atoms. The molecule has 0 bridgehead atoms. The van der Waals surface area contributed by atoms with Gasteiger partial charge in [-0.05, 0) is 38.0 Å². The van der Waals surface area contributed by atoms with E-state index < -0.39 is 22.1 Å². The number of esters is 1. The van der Waals surface area contributed by atoms with E-state index in [1.807, 2.05) is 0 Å². The van der Waals surface area contributed by atoms with Gasteiger partial charge in [0.2, 0.25) is 10.0 Å². The van der Waals surface area contributed by atoms with Gasteiger partial charge in [0.05, 0.1) is 15.5 Å². The van der Waals surface area contributed by atoms with Crippen molar-refractivity contribution in [3.8, 4) is 0 Å². The zero-order valence-corrected chi connectivity index (χ0v) is 16.6. The molecule has 1 aliphatic rings. The fourth-order valence-electron chi connectivity index (χ4n) is 2.36. The van der Waals surface area contributed by atoms with Crippen LogP contribution in [0.25, 0.3) is 0 Å². The Balaban J connectivity index is 2.20. The molecule has 1 amide bonds. The molecule has 1 aromatic carbocycles. The molecule has 0 heterocycles. The van der Waals surface area contributed by atoms with Gasteiger partial charge in [-0.2, -0.15) is 4.31 Å². The lowest BCUT2D eigenvalue weighted by Crippen LogP contribution is -2.37. The van der Waals surface area contributed by atoms with Gasteiger partial charge in [-0.25, -0.2) is 13.2 Å². The molecule has 144 valence electrons. The first-order valence-electron chi connectivity index (χ1n) is 8.51. The number of halogens is 1. The van der Waals surface area contributed by atoms with Crippen LogP contribution in [0.4, 0.5) is 0 Å². The first-order chi connectivity index (χ1) is 12.2. The lowest BCUT2D eigenvalue weighted by Gasteiger charge is -2.19. The molecule has 0 aliphatic heterocycles. The Morgan fingerprint density at radius 2 is 1.92 bits per heavy atom. The molecule has 0 aromatic heterocycles. The molecule has 1 aromatic rings. The van der Waals surface area contributed by atoms with Crippen LogP contribution in [0.5, 0.6) is 0 Å². The monoisotopic (exact) mass is 402 g/mol. The highest BCUT2D eigenvalue weighted by molar-refractivity contribution is 7.89. The van der Waals surface area contributed by atoms with Crippen LogP contribution < -0.4 is 5.32 Å². The number of carbonyl (C=O) groups excluding carboxylic acids is 2. The van der Waals surface area contributed by atoms with E-state index in [9.17, 15) is 18.0 Å². The summed E-state index contributed by atoms with van der Waals surface area (Å²) >= 11 is 6.04. The van der Waals surface area contributed by atoms with Crippen LogP contribution in [-0.4, -0.2) is 49.8 Å². The first kappa shape index (κ1) is 20.7. The summed E-state index contributed by atoms with van der Waals surface area (Å²) in [5.41, 5.74) is -0.0917. The average molecular weight is 403 g/mol. The Morgan fingerprint density at radius 1 is 1.31 bits per heavy atom. The molecule has 26 heavy (non-hydrogen) atoms. The van der Waals surface area contributed by atoms with E-state index in [0.717, 1.165) is 12.8 Å². The molecule has 1 fully saturated rings. The van der Waals surface area contributed by atoms with E-state index in [-0.39, 0.29) is 27.4 Å². The normalized spacial score (nSPS) is 15.6. The second kappa shape index (κ2) is 8.37. The van der Waals surface area contributed by atoms with Crippen LogP contribution in [0, 0.1) is 0 Å². The summed E-state index contributed by atoms with van der Waals surface area (Å²) in [6, 6.07) is 4.01. The van der Waals surface area contributed by atoms with E-state index in [0.29, 0.717) is 13.1 Å². The maximum absolute atomic E-state index is 12.6. The minimum Gasteiger partial charge on any atom is -0.449 e. The number of benzene rings is 1. The molecule has 9 heteroatoms. The Bertz CT molecular complexity index is 788. The molecule has 0 saturated heterocycles. The zero-order valence-electron chi connectivity index (χ0n) is 15.0. The summed E-state index contributed by atoms with van der Waals surface area (Å²) in [4.78, 5) is 24.2. The fourth-order valence-corrected chi connectivity index (χ4v) is 4.04. The second-order valence-electron chi connectivity index (χ2n) is 6.06. The van der Waals surface area contributed by atoms with Gasteiger partial charge in [-0.1, -0.05) is 25.4 Å². The number of amides is 1. The summed E-state index contributed by atoms with van der Waals surface area (Å²) in [6.07, 6.45) is 0.842. The highest BCUT2D eigenvalue weighted by Crippen LogP contribution is 2.24. The van der Waals surface area contributed by atoms with Crippen molar-refractivity contribution in [3.05, 3.63) is 28.8 Å². The van der Waals surface area contributed by atoms with Crippen LogP contribution in [0.3, 0.4) is 0 Å². The van der Waals surface area contributed by atoms with Crippen LogP contribution in [0.1, 0.15) is 44.0 Å². The van der Waals surface area contributed by atoms with Gasteiger partial charge >= 0.3 is 5.97 Å². The molecular formula is C17H23ClN2O5S. The maximum Gasteiger partial charge on any atom is 0.340 e. The predicted molar refractivity (Wildman–Crippen MR) is 97.6 cm³/mol. The minimum atomic E-state index is -3.74. The van der Waals surface area contributed by atoms with Crippen LogP contribution in [0.2, 0.25) is 5.02 Å². The number of nitrogens with zero attached hydrogens (tertiary/aromatic N) is 1. The highest BCUT2D eigenvalue weighted by Gasteiger charge is 2.29. The summed E-state index contributed by atoms with van der Waals surface area (Å²) < 4.78 is 31.6. The zero-order chi connectivity index (χ0) is 19.5. The van der Waals surface area contributed by atoms with Crippen molar-refractivity contribution in [2.24, 2.45) is 0 Å². The van der Waals surface area contributed by atoms with Gasteiger partial charge in [0.15, 0.2) is 6.10 Å². The van der Waals surface area contributed by atoms with Gasteiger partial charge in [0, 0.05) is 19.1 Å². The van der Waals surface area contributed by atoms with E-state index in [1.54, 1.807) is 13.8 Å². The van der Waals surface area contributed by atoms with Crippen LogP contribution >= 0.6 is 11.6 Å². The molecule has 1 atom stereocenters. The predicted octanol–water partition coefficient (Wildman–Crippen LogP) is 2.19. The summed E-state index contributed by atoms with van der Waals surface area (Å²) in [5, 5.41) is 2.80. The Labute approximate surface area is 158 Å². The topological polar surface area (TPSA) is 92.8 Å². The van der Waals surface area contributed by atoms with Crippen molar-refractivity contribution in [2.45, 2.75) is 50.7 Å². The number of ether oxygens (including phenoxy) is 1. The highest BCUT2D eigenvalue weighted by atomic mass is 35.5. The van der Waals surface area contributed by atoms with Gasteiger partial charge < -0.3 is 10.1 Å². The maximum atomic E-state index is 12.6. The van der Waals surface area contributed by atoms with Gasteiger partial charge in [0.25, 0.3) is 5.91 Å². The lowest BCUT2D eigenvalue weighted by molar-refractivity contribution is -0.129. The summed E-state index contributed by atoms with van der Waals surface area (Å²) in [5.74, 6) is -1.23. The van der Waals surface area contributed by atoms with Crippen LogP contribution in [-0.2, 0) is 19.6 Å². The van der Waals surface area contributed by atoms with Crippen LogP contribution in [0.15, 0.2) is 23.1 Å². The SMILES string of the molecule is CCN(CC)S(=O)(=O)c1ccc(Cl)c(C(=O)O[C@@H](C)C(=O)NC2CC2)c1. The summed E-state index contributed by atoms with van der Waals surface area (Å²) in [7, 11) is -3.74. The molecule has 1 saturated carbocycles. The second-order valence-corrected chi connectivity index (χ2v) is 8.41. The number of sulfonamides is 1. The third kappa shape index (κ3) is 4.75. The largest absolute Gasteiger partial charge is 0.449 e. The van der Waals surface area contributed by atoms with Crippen molar-refractivity contribution in [1.29, 1.82) is 0 Å². The number of hydrogen-bond acceptors (Lipinski definition) is 5. The van der Waals surface area contributed by atoms with E-state index in [4.69, 9.17) is 16.3 Å². The molecule has 0 radical (unpaired) electrons. The Hall–Kier alpha value is -1.64. The Kier molecular flexibility index (Phi) is 6.65. The molecule has 2 rings (SSSR count). The fraction of sp³-hybridized carbons (Fsp3) is 0.529. The smallest absolute Gasteiger partial charge is 0.340 e. The van der Waals surface area contributed by atoms with Crippen molar-refractivity contribution >= 4 is 33.5 Å². The molecular weight excluding hydrogens is 380 g/mol. The van der Waals surface area contributed by atoms with Crippen molar-refractivity contribution in [2.75, 3.05) is 13.1 Å². The molecule has 1 N–H and O–H groups in total. The number of rotatable bonds is 8. The quantitative estimate of drug-likeness (QED) is 0.673. The van der Waals surface area contributed by atoms with Crippen molar-refractivity contribution in [3.63, 3.8) is 0 Å².